The van der Waals surface area contributed by atoms with E-state index in [1.807, 2.05) is 36.4 Å². The summed E-state index contributed by atoms with van der Waals surface area (Å²) in [6.07, 6.45) is 0.912. The highest BCUT2D eigenvalue weighted by atomic mass is 127. The van der Waals surface area contributed by atoms with Crippen LogP contribution in [0, 0.1) is 0 Å². The van der Waals surface area contributed by atoms with E-state index in [1.165, 1.54) is 5.56 Å². The molecule has 0 atom stereocenters. The summed E-state index contributed by atoms with van der Waals surface area (Å²) < 4.78 is 16.2. The molecule has 0 heterocycles. The Morgan fingerprint density at radius 3 is 2.32 bits per heavy atom. The first-order chi connectivity index (χ1) is 13.3. The molecule has 0 aliphatic heterocycles. The molecule has 0 saturated heterocycles. The minimum Gasteiger partial charge on any atom is -0.497 e. The van der Waals surface area contributed by atoms with E-state index in [-0.39, 0.29) is 24.0 Å². The number of rotatable bonds is 10. The Morgan fingerprint density at radius 1 is 0.929 bits per heavy atom. The van der Waals surface area contributed by atoms with E-state index < -0.39 is 0 Å². The van der Waals surface area contributed by atoms with Crippen molar-refractivity contribution in [2.75, 3.05) is 41.0 Å². The molecule has 2 rings (SSSR count). The van der Waals surface area contributed by atoms with Gasteiger partial charge in [0, 0.05) is 25.7 Å². The number of ether oxygens (including phenoxy) is 3. The molecule has 28 heavy (non-hydrogen) atoms. The van der Waals surface area contributed by atoms with Crippen LogP contribution in [0.2, 0.25) is 0 Å². The van der Waals surface area contributed by atoms with Gasteiger partial charge in [0.25, 0.3) is 0 Å². The first-order valence-electron chi connectivity index (χ1n) is 9.04. The van der Waals surface area contributed by atoms with E-state index in [9.17, 15) is 0 Å². The third-order valence-electron chi connectivity index (χ3n) is 4.08. The van der Waals surface area contributed by atoms with Gasteiger partial charge in [-0.3, -0.25) is 4.99 Å². The quantitative estimate of drug-likeness (QED) is 0.228. The number of hydrogen-bond acceptors (Lipinski definition) is 4. The van der Waals surface area contributed by atoms with E-state index in [4.69, 9.17) is 14.2 Å². The number of nitrogens with one attached hydrogen (secondary N) is 2. The maximum Gasteiger partial charge on any atom is 0.191 e. The highest BCUT2D eigenvalue weighted by Crippen LogP contribution is 2.17. The number of para-hydroxylation sites is 1. The molecule has 2 aromatic carbocycles. The van der Waals surface area contributed by atoms with Crippen molar-refractivity contribution in [1.29, 1.82) is 0 Å². The molecule has 2 N–H and O–H groups in total. The normalized spacial score (nSPS) is 10.8. The summed E-state index contributed by atoms with van der Waals surface area (Å²) in [5, 5.41) is 6.56. The van der Waals surface area contributed by atoms with Crippen LogP contribution in [0.5, 0.6) is 11.5 Å². The number of hydrogen-bond donors (Lipinski definition) is 2. The van der Waals surface area contributed by atoms with Crippen LogP contribution in [-0.2, 0) is 17.8 Å². The van der Waals surface area contributed by atoms with E-state index in [0.29, 0.717) is 19.8 Å². The molecule has 6 nitrogen and oxygen atoms in total. The molecule has 0 aromatic heterocycles. The minimum atomic E-state index is 0. The fraction of sp³-hybridized carbons (Fsp3) is 0.381. The molecule has 0 fully saturated rings. The lowest BCUT2D eigenvalue weighted by Gasteiger charge is -2.13. The second-order valence-corrected chi connectivity index (χ2v) is 5.89. The topological polar surface area (TPSA) is 64.1 Å². The molecule has 0 saturated carbocycles. The zero-order valence-corrected chi connectivity index (χ0v) is 19.1. The van der Waals surface area contributed by atoms with Gasteiger partial charge in [0.1, 0.15) is 11.5 Å². The third kappa shape index (κ3) is 8.35. The Labute approximate surface area is 184 Å². The van der Waals surface area contributed by atoms with Crippen LogP contribution in [0.3, 0.4) is 0 Å². The van der Waals surface area contributed by atoms with Gasteiger partial charge in [-0.15, -0.1) is 24.0 Å². The van der Waals surface area contributed by atoms with Gasteiger partial charge in [-0.25, -0.2) is 0 Å². The van der Waals surface area contributed by atoms with E-state index in [0.717, 1.165) is 36.0 Å². The summed E-state index contributed by atoms with van der Waals surface area (Å²) in [4.78, 5) is 4.23. The Hall–Kier alpha value is -2.00. The van der Waals surface area contributed by atoms with Gasteiger partial charge in [-0.1, -0.05) is 30.3 Å². The monoisotopic (exact) mass is 499 g/mol. The molecule has 0 amide bonds. The number of halogens is 1. The average Bonchev–Trinajstić information content (AvgIpc) is 2.73. The predicted molar refractivity (Wildman–Crippen MR) is 124 cm³/mol. The zero-order valence-electron chi connectivity index (χ0n) is 16.7. The Kier molecular flexibility index (Phi) is 12.1. The van der Waals surface area contributed by atoms with Gasteiger partial charge >= 0.3 is 0 Å². The number of benzene rings is 2. The fourth-order valence-electron chi connectivity index (χ4n) is 2.58. The summed E-state index contributed by atoms with van der Waals surface area (Å²) in [7, 11) is 5.10. The maximum atomic E-state index is 5.72. The second-order valence-electron chi connectivity index (χ2n) is 5.89. The van der Waals surface area contributed by atoms with Crippen molar-refractivity contribution in [3.8, 4) is 11.5 Å². The molecule has 0 aliphatic rings. The summed E-state index contributed by atoms with van der Waals surface area (Å²) in [5.41, 5.74) is 2.29. The van der Waals surface area contributed by atoms with Crippen molar-refractivity contribution >= 4 is 29.9 Å². The van der Waals surface area contributed by atoms with Gasteiger partial charge in [-0.2, -0.15) is 0 Å². The SMILES string of the molecule is CN=C(NCCOCc1ccccc1OC)NCCc1ccc(OC)cc1.I. The van der Waals surface area contributed by atoms with E-state index in [1.54, 1.807) is 21.3 Å². The highest BCUT2D eigenvalue weighted by Gasteiger charge is 2.02. The van der Waals surface area contributed by atoms with Gasteiger partial charge in [0.15, 0.2) is 5.96 Å². The van der Waals surface area contributed by atoms with Crippen LogP contribution >= 0.6 is 24.0 Å². The van der Waals surface area contributed by atoms with Gasteiger partial charge in [0.2, 0.25) is 0 Å². The minimum absolute atomic E-state index is 0. The molecular weight excluding hydrogens is 469 g/mol. The van der Waals surface area contributed by atoms with Crippen molar-refractivity contribution in [1.82, 2.24) is 10.6 Å². The Bertz CT molecular complexity index is 708. The van der Waals surface area contributed by atoms with Crippen LogP contribution in [-0.4, -0.2) is 46.9 Å². The summed E-state index contributed by atoms with van der Waals surface area (Å²) in [6.45, 7) is 2.58. The largest absolute Gasteiger partial charge is 0.497 e. The molecule has 7 heteroatoms. The van der Waals surface area contributed by atoms with Crippen LogP contribution < -0.4 is 20.1 Å². The first-order valence-corrected chi connectivity index (χ1v) is 9.04. The summed E-state index contributed by atoms with van der Waals surface area (Å²) in [5.74, 6) is 2.49. The lowest BCUT2D eigenvalue weighted by atomic mass is 10.1. The van der Waals surface area contributed by atoms with Gasteiger partial charge in [-0.05, 0) is 30.2 Å². The van der Waals surface area contributed by atoms with Crippen molar-refractivity contribution in [2.45, 2.75) is 13.0 Å². The smallest absolute Gasteiger partial charge is 0.191 e. The molecule has 2 aromatic rings. The van der Waals surface area contributed by atoms with Crippen LogP contribution in [0.15, 0.2) is 53.5 Å². The van der Waals surface area contributed by atoms with Crippen LogP contribution in [0.1, 0.15) is 11.1 Å². The average molecular weight is 499 g/mol. The van der Waals surface area contributed by atoms with Gasteiger partial charge < -0.3 is 24.8 Å². The van der Waals surface area contributed by atoms with E-state index >= 15 is 0 Å². The fourth-order valence-corrected chi connectivity index (χ4v) is 2.58. The first kappa shape index (κ1) is 24.0. The molecular formula is C21H30IN3O3. The Morgan fingerprint density at radius 2 is 1.64 bits per heavy atom. The molecule has 0 unspecified atom stereocenters. The number of methoxy groups -OCH3 is 2. The number of aliphatic imine (C=N–C) groups is 1. The second kappa shape index (κ2) is 14.1. The van der Waals surface area contributed by atoms with Crippen molar-refractivity contribution < 1.29 is 14.2 Å². The summed E-state index contributed by atoms with van der Waals surface area (Å²) in [6, 6.07) is 16.0. The van der Waals surface area contributed by atoms with Crippen LogP contribution in [0.25, 0.3) is 0 Å². The predicted octanol–water partition coefficient (Wildman–Crippen LogP) is 3.25. The third-order valence-corrected chi connectivity index (χ3v) is 4.08. The molecule has 0 bridgehead atoms. The van der Waals surface area contributed by atoms with Crippen LogP contribution in [0.4, 0.5) is 0 Å². The lowest BCUT2D eigenvalue weighted by Crippen LogP contribution is -2.39. The Balaban J connectivity index is 0.00000392. The standard InChI is InChI=1S/C21H29N3O3.HI/c1-22-21(23-13-12-17-8-10-19(25-2)11-9-17)24-14-15-27-16-18-6-4-5-7-20(18)26-3;/h4-11H,12-16H2,1-3H3,(H2,22,23,24);1H. The van der Waals surface area contributed by atoms with Crippen molar-refractivity contribution in [2.24, 2.45) is 4.99 Å². The maximum absolute atomic E-state index is 5.72. The zero-order chi connectivity index (χ0) is 19.3. The highest BCUT2D eigenvalue weighted by molar-refractivity contribution is 14.0. The van der Waals surface area contributed by atoms with Gasteiger partial charge in [0.05, 0.1) is 27.4 Å². The van der Waals surface area contributed by atoms with Crippen molar-refractivity contribution in [3.63, 3.8) is 0 Å². The number of nitrogens with zero attached hydrogens (tertiary/aromatic N) is 1. The van der Waals surface area contributed by atoms with Crippen molar-refractivity contribution in [3.05, 3.63) is 59.7 Å². The lowest BCUT2D eigenvalue weighted by molar-refractivity contribution is 0.123. The number of guanidine groups is 1. The molecule has 0 radical (unpaired) electrons. The summed E-state index contributed by atoms with van der Waals surface area (Å²) >= 11 is 0. The van der Waals surface area contributed by atoms with E-state index in [2.05, 4.69) is 27.8 Å². The molecule has 0 aliphatic carbocycles. The molecule has 154 valence electrons. The molecule has 0 spiro atoms.